The minimum absolute atomic E-state index is 0.746. The minimum Gasteiger partial charge on any atom is -0.463 e. The maximum atomic E-state index is 5.54. The molecule has 1 fully saturated rings. The van der Waals surface area contributed by atoms with Gasteiger partial charge < -0.3 is 4.42 Å². The van der Waals surface area contributed by atoms with Crippen LogP contribution in [0.5, 0.6) is 0 Å². The fourth-order valence-corrected chi connectivity index (χ4v) is 3.56. The zero-order valence-electron chi connectivity index (χ0n) is 13.3. The lowest BCUT2D eigenvalue weighted by atomic mass is 9.89. The molecule has 1 aromatic carbocycles. The van der Waals surface area contributed by atoms with Crippen LogP contribution in [-0.4, -0.2) is 9.78 Å². The monoisotopic (exact) mass is 306 g/mol. The quantitative estimate of drug-likeness (QED) is 0.647. The predicted molar refractivity (Wildman–Crippen MR) is 91.9 cm³/mol. The van der Waals surface area contributed by atoms with Crippen molar-refractivity contribution in [1.82, 2.24) is 9.78 Å². The lowest BCUT2D eigenvalue weighted by molar-refractivity contribution is 0.309. The Morgan fingerprint density at radius 1 is 1.00 bits per heavy atom. The van der Waals surface area contributed by atoms with E-state index in [0.29, 0.717) is 0 Å². The molecule has 1 aliphatic rings. The molecule has 1 saturated carbocycles. The third-order valence-corrected chi connectivity index (χ3v) is 4.78. The molecule has 0 bridgehead atoms. The Hall–Kier alpha value is -2.29. The summed E-state index contributed by atoms with van der Waals surface area (Å²) in [6.07, 6.45) is 8.46. The van der Waals surface area contributed by atoms with E-state index in [-0.39, 0.29) is 0 Å². The highest BCUT2D eigenvalue weighted by molar-refractivity contribution is 5.66. The highest BCUT2D eigenvalue weighted by atomic mass is 16.3. The van der Waals surface area contributed by atoms with Gasteiger partial charge in [-0.25, -0.2) is 0 Å². The molecule has 0 N–H and O–H groups in total. The van der Waals surface area contributed by atoms with E-state index in [2.05, 4.69) is 41.1 Å². The average molecular weight is 306 g/mol. The molecule has 0 atom stereocenters. The Kier molecular flexibility index (Phi) is 4.01. The van der Waals surface area contributed by atoms with Crippen molar-refractivity contribution in [2.24, 2.45) is 5.92 Å². The Morgan fingerprint density at radius 3 is 2.57 bits per heavy atom. The van der Waals surface area contributed by atoms with E-state index in [1.54, 1.807) is 6.26 Å². The van der Waals surface area contributed by atoms with E-state index in [1.165, 1.54) is 43.4 Å². The summed E-state index contributed by atoms with van der Waals surface area (Å²) in [6.45, 7) is 1.00. The summed E-state index contributed by atoms with van der Waals surface area (Å²) in [5.41, 5.74) is 3.32. The molecule has 2 aromatic heterocycles. The van der Waals surface area contributed by atoms with E-state index in [9.17, 15) is 0 Å². The van der Waals surface area contributed by atoms with Crippen molar-refractivity contribution in [2.45, 2.75) is 38.6 Å². The Balaban J connectivity index is 1.70. The summed E-state index contributed by atoms with van der Waals surface area (Å²) in [5, 5.41) is 4.85. The van der Waals surface area contributed by atoms with E-state index >= 15 is 0 Å². The van der Waals surface area contributed by atoms with Gasteiger partial charge in [0.1, 0.15) is 5.69 Å². The van der Waals surface area contributed by atoms with Gasteiger partial charge in [-0.3, -0.25) is 4.68 Å². The molecule has 0 radical (unpaired) electrons. The van der Waals surface area contributed by atoms with Gasteiger partial charge in [0.05, 0.1) is 12.0 Å². The topological polar surface area (TPSA) is 31.0 Å². The van der Waals surface area contributed by atoms with Gasteiger partial charge in [-0.1, -0.05) is 49.6 Å². The smallest absolute Gasteiger partial charge is 0.154 e. The molecular formula is C20H22N2O. The molecule has 3 heteroatoms. The molecule has 4 rings (SSSR count). The van der Waals surface area contributed by atoms with Crippen LogP contribution < -0.4 is 0 Å². The first-order valence-corrected chi connectivity index (χ1v) is 8.57. The number of rotatable bonds is 4. The van der Waals surface area contributed by atoms with Gasteiger partial charge in [0, 0.05) is 6.54 Å². The molecule has 0 spiro atoms. The Bertz CT molecular complexity index is 737. The fraction of sp³-hybridized carbons (Fsp3) is 0.350. The Morgan fingerprint density at radius 2 is 1.83 bits per heavy atom. The molecule has 0 unspecified atom stereocenters. The predicted octanol–water partition coefficient (Wildman–Crippen LogP) is 5.39. The molecule has 118 valence electrons. The summed E-state index contributed by atoms with van der Waals surface area (Å²) in [7, 11) is 0. The maximum absolute atomic E-state index is 5.54. The summed E-state index contributed by atoms with van der Waals surface area (Å²) >= 11 is 0. The zero-order chi connectivity index (χ0) is 15.5. The molecule has 2 heterocycles. The summed E-state index contributed by atoms with van der Waals surface area (Å²) in [5.74, 6) is 1.58. The number of hydrogen-bond donors (Lipinski definition) is 0. The third-order valence-electron chi connectivity index (χ3n) is 4.78. The number of hydrogen-bond acceptors (Lipinski definition) is 2. The fourth-order valence-electron chi connectivity index (χ4n) is 3.56. The van der Waals surface area contributed by atoms with Crippen molar-refractivity contribution in [3.8, 4) is 22.7 Å². The van der Waals surface area contributed by atoms with Crippen LogP contribution in [0.15, 0.2) is 59.2 Å². The van der Waals surface area contributed by atoms with Crippen molar-refractivity contribution in [1.29, 1.82) is 0 Å². The van der Waals surface area contributed by atoms with Crippen molar-refractivity contribution in [3.63, 3.8) is 0 Å². The number of nitrogens with zero attached hydrogens (tertiary/aromatic N) is 2. The second-order valence-electron chi connectivity index (χ2n) is 6.44. The van der Waals surface area contributed by atoms with Crippen molar-refractivity contribution < 1.29 is 4.42 Å². The number of aromatic nitrogens is 2. The van der Waals surface area contributed by atoms with Crippen LogP contribution in [0.1, 0.15) is 32.1 Å². The van der Waals surface area contributed by atoms with E-state index in [4.69, 9.17) is 9.52 Å². The van der Waals surface area contributed by atoms with Crippen LogP contribution in [-0.2, 0) is 6.54 Å². The molecular weight excluding hydrogens is 284 g/mol. The normalized spacial score (nSPS) is 15.8. The highest BCUT2D eigenvalue weighted by Crippen LogP contribution is 2.30. The van der Waals surface area contributed by atoms with E-state index in [0.717, 1.165) is 23.9 Å². The third kappa shape index (κ3) is 3.09. The van der Waals surface area contributed by atoms with Crippen LogP contribution in [0.3, 0.4) is 0 Å². The minimum atomic E-state index is 0.746. The number of benzene rings is 1. The molecule has 0 aliphatic heterocycles. The van der Waals surface area contributed by atoms with Gasteiger partial charge in [0.25, 0.3) is 0 Å². The molecule has 3 nitrogen and oxygen atoms in total. The largest absolute Gasteiger partial charge is 0.463 e. The summed E-state index contributed by atoms with van der Waals surface area (Å²) < 4.78 is 7.72. The average Bonchev–Trinajstić information content (AvgIpc) is 3.26. The standard InChI is InChI=1S/C20H22N2O/c1-3-8-16(9-4-1)15-22-19(17-10-5-2-6-11-17)14-18(21-22)20-12-7-13-23-20/h2,5-7,10-14,16H,1,3-4,8-9,15H2. The molecule has 1 aliphatic carbocycles. The van der Waals surface area contributed by atoms with Crippen LogP contribution in [0.2, 0.25) is 0 Å². The van der Waals surface area contributed by atoms with Gasteiger partial charge >= 0.3 is 0 Å². The molecule has 0 saturated heterocycles. The van der Waals surface area contributed by atoms with Gasteiger partial charge in [0.2, 0.25) is 0 Å². The van der Waals surface area contributed by atoms with Gasteiger partial charge in [0.15, 0.2) is 5.76 Å². The van der Waals surface area contributed by atoms with Crippen molar-refractivity contribution in [2.75, 3.05) is 0 Å². The van der Waals surface area contributed by atoms with Crippen molar-refractivity contribution >= 4 is 0 Å². The van der Waals surface area contributed by atoms with Crippen LogP contribution in [0.4, 0.5) is 0 Å². The van der Waals surface area contributed by atoms with Crippen LogP contribution in [0.25, 0.3) is 22.7 Å². The summed E-state index contributed by atoms with van der Waals surface area (Å²) in [6, 6.07) is 16.6. The molecule has 0 amide bonds. The number of furan rings is 1. The SMILES string of the molecule is c1ccc(-c2cc(-c3ccco3)nn2CC2CCCCC2)cc1. The van der Waals surface area contributed by atoms with E-state index < -0.39 is 0 Å². The van der Waals surface area contributed by atoms with E-state index in [1.807, 2.05) is 12.1 Å². The first-order valence-electron chi connectivity index (χ1n) is 8.57. The molecule has 23 heavy (non-hydrogen) atoms. The second kappa shape index (κ2) is 6.45. The first-order chi connectivity index (χ1) is 11.4. The molecule has 3 aromatic rings. The van der Waals surface area contributed by atoms with Crippen molar-refractivity contribution in [3.05, 3.63) is 54.8 Å². The lowest BCUT2D eigenvalue weighted by Crippen LogP contribution is -2.15. The highest BCUT2D eigenvalue weighted by Gasteiger charge is 2.18. The second-order valence-corrected chi connectivity index (χ2v) is 6.44. The van der Waals surface area contributed by atoms with Gasteiger partial charge in [-0.05, 0) is 42.5 Å². The lowest BCUT2D eigenvalue weighted by Gasteiger charge is -2.22. The maximum Gasteiger partial charge on any atom is 0.154 e. The van der Waals surface area contributed by atoms with Gasteiger partial charge in [-0.15, -0.1) is 0 Å². The van der Waals surface area contributed by atoms with Gasteiger partial charge in [-0.2, -0.15) is 5.10 Å². The first kappa shape index (κ1) is 14.3. The Labute approximate surface area is 136 Å². The zero-order valence-corrected chi connectivity index (χ0v) is 13.3. The summed E-state index contributed by atoms with van der Waals surface area (Å²) in [4.78, 5) is 0. The van der Waals surface area contributed by atoms with Crippen LogP contribution in [0, 0.1) is 5.92 Å². The van der Waals surface area contributed by atoms with Crippen LogP contribution >= 0.6 is 0 Å².